The van der Waals surface area contributed by atoms with Crippen molar-refractivity contribution in [2.24, 2.45) is 0 Å². The van der Waals surface area contributed by atoms with E-state index in [2.05, 4.69) is 5.32 Å². The van der Waals surface area contributed by atoms with Crippen LogP contribution in [0.5, 0.6) is 5.75 Å². The van der Waals surface area contributed by atoms with Crippen LogP contribution < -0.4 is 14.4 Å². The van der Waals surface area contributed by atoms with Gasteiger partial charge < -0.3 is 10.1 Å². The van der Waals surface area contributed by atoms with Crippen LogP contribution in [0.25, 0.3) is 0 Å². The Labute approximate surface area is 215 Å². The largest absolute Gasteiger partial charge is 0.476 e. The molecule has 0 radical (unpaired) electrons. The average Bonchev–Trinajstić information content (AvgIpc) is 2.83. The molecule has 1 heterocycles. The molecule has 0 aromatic heterocycles. The van der Waals surface area contributed by atoms with Crippen LogP contribution >= 0.6 is 11.6 Å². The van der Waals surface area contributed by atoms with Gasteiger partial charge in [-0.15, -0.1) is 0 Å². The summed E-state index contributed by atoms with van der Waals surface area (Å²) >= 11 is 6.14. The number of hydrogen-bond acceptors (Lipinski definition) is 6. The van der Waals surface area contributed by atoms with Crippen LogP contribution in [0.3, 0.4) is 0 Å². The van der Waals surface area contributed by atoms with Crippen molar-refractivity contribution >= 4 is 43.1 Å². The minimum absolute atomic E-state index is 0.0828. The first kappa shape index (κ1) is 26.0. The Morgan fingerprint density at radius 3 is 2.22 bits per heavy atom. The van der Waals surface area contributed by atoms with E-state index >= 15 is 0 Å². The first-order chi connectivity index (χ1) is 16.9. The van der Waals surface area contributed by atoms with E-state index in [-0.39, 0.29) is 27.8 Å². The van der Waals surface area contributed by atoms with E-state index in [0.717, 1.165) is 16.1 Å². The molecule has 190 valence electrons. The molecule has 0 saturated heterocycles. The van der Waals surface area contributed by atoms with Gasteiger partial charge in [-0.05, 0) is 61.9 Å². The molecule has 1 amide bonds. The molecule has 1 N–H and O–H groups in total. The lowest BCUT2D eigenvalue weighted by Crippen LogP contribution is -2.51. The SMILES string of the molecule is Cc1ccc(S(=O)(=O)N2C[C@@H](C(=O)N[C@@H](C)c3ccc(S(C)(=O)=O)cc3)Oc3ccc(Cl)cc32)cc1. The van der Waals surface area contributed by atoms with E-state index in [1.165, 1.54) is 36.4 Å². The quantitative estimate of drug-likeness (QED) is 0.500. The van der Waals surface area contributed by atoms with Crippen molar-refractivity contribution in [3.05, 3.63) is 82.9 Å². The highest BCUT2D eigenvalue weighted by Crippen LogP contribution is 2.39. The summed E-state index contributed by atoms with van der Waals surface area (Å²) in [5.74, 6) is -0.300. The molecule has 1 aliphatic rings. The number of benzene rings is 3. The zero-order chi connectivity index (χ0) is 26.3. The summed E-state index contributed by atoms with van der Waals surface area (Å²) in [5, 5.41) is 3.15. The number of nitrogens with zero attached hydrogens (tertiary/aromatic N) is 1. The second-order valence-electron chi connectivity index (χ2n) is 8.64. The lowest BCUT2D eigenvalue weighted by Gasteiger charge is -2.35. The maximum Gasteiger partial charge on any atom is 0.264 e. The fourth-order valence-corrected chi connectivity index (χ4v) is 6.08. The minimum Gasteiger partial charge on any atom is -0.476 e. The standard InChI is InChI=1S/C25H25ClN2O6S2/c1-16-4-9-21(10-5-16)36(32,33)28-15-24(34-23-13-8-19(26)14-22(23)28)25(29)27-17(2)18-6-11-20(12-7-18)35(3,30)31/h4-14,17,24H,15H2,1-3H3,(H,27,29)/t17-,24-/m0/s1. The second-order valence-corrected chi connectivity index (χ2v) is 13.0. The van der Waals surface area contributed by atoms with Crippen LogP contribution in [0.1, 0.15) is 24.1 Å². The van der Waals surface area contributed by atoms with Crippen molar-refractivity contribution in [3.63, 3.8) is 0 Å². The Hall–Kier alpha value is -3.08. The molecular weight excluding hydrogens is 524 g/mol. The monoisotopic (exact) mass is 548 g/mol. The third-order valence-electron chi connectivity index (χ3n) is 5.86. The number of ether oxygens (including phenoxy) is 1. The normalized spacial score (nSPS) is 16.6. The summed E-state index contributed by atoms with van der Waals surface area (Å²) < 4.78 is 57.5. The fraction of sp³-hybridized carbons (Fsp3) is 0.240. The van der Waals surface area contributed by atoms with E-state index in [0.29, 0.717) is 10.6 Å². The van der Waals surface area contributed by atoms with Gasteiger partial charge in [-0.2, -0.15) is 0 Å². The number of sulfonamides is 1. The summed E-state index contributed by atoms with van der Waals surface area (Å²) in [6.45, 7) is 3.34. The van der Waals surface area contributed by atoms with Crippen molar-refractivity contribution < 1.29 is 26.4 Å². The van der Waals surface area contributed by atoms with Gasteiger partial charge >= 0.3 is 0 Å². The van der Waals surface area contributed by atoms with Gasteiger partial charge in [-0.3, -0.25) is 9.10 Å². The maximum atomic E-state index is 13.5. The van der Waals surface area contributed by atoms with Gasteiger partial charge in [0, 0.05) is 11.3 Å². The zero-order valence-corrected chi connectivity index (χ0v) is 22.2. The molecule has 11 heteroatoms. The highest BCUT2D eigenvalue weighted by molar-refractivity contribution is 7.92. The molecule has 4 rings (SSSR count). The third kappa shape index (κ3) is 5.35. The topological polar surface area (TPSA) is 110 Å². The van der Waals surface area contributed by atoms with E-state index in [1.54, 1.807) is 37.3 Å². The number of sulfone groups is 1. The summed E-state index contributed by atoms with van der Waals surface area (Å²) in [5.41, 5.74) is 1.84. The van der Waals surface area contributed by atoms with Crippen LogP contribution in [0.2, 0.25) is 5.02 Å². The van der Waals surface area contributed by atoms with Crippen molar-refractivity contribution in [1.29, 1.82) is 0 Å². The molecule has 0 fully saturated rings. The molecule has 36 heavy (non-hydrogen) atoms. The Kier molecular flexibility index (Phi) is 7.05. The Balaban J connectivity index is 1.60. The molecule has 3 aromatic carbocycles. The Bertz CT molecular complexity index is 1510. The molecule has 0 unspecified atom stereocenters. The predicted octanol–water partition coefficient (Wildman–Crippen LogP) is 3.89. The van der Waals surface area contributed by atoms with Crippen LogP contribution in [0, 0.1) is 6.92 Å². The molecule has 0 spiro atoms. The number of rotatable bonds is 6. The first-order valence-corrected chi connectivity index (χ1v) is 14.7. The van der Waals surface area contributed by atoms with Crippen LogP contribution in [0.15, 0.2) is 76.5 Å². The lowest BCUT2D eigenvalue weighted by atomic mass is 10.1. The predicted molar refractivity (Wildman–Crippen MR) is 138 cm³/mol. The summed E-state index contributed by atoms with van der Waals surface area (Å²) in [6.07, 6.45) is -0.00801. The van der Waals surface area contributed by atoms with Crippen molar-refractivity contribution in [3.8, 4) is 5.75 Å². The van der Waals surface area contributed by atoms with E-state index in [1.807, 2.05) is 6.92 Å². The molecule has 0 saturated carbocycles. The summed E-state index contributed by atoms with van der Waals surface area (Å²) in [7, 11) is -7.36. The Morgan fingerprint density at radius 2 is 1.61 bits per heavy atom. The van der Waals surface area contributed by atoms with Gasteiger partial charge in [-0.25, -0.2) is 16.8 Å². The van der Waals surface area contributed by atoms with Gasteiger partial charge in [0.1, 0.15) is 5.75 Å². The minimum atomic E-state index is -4.02. The Morgan fingerprint density at radius 1 is 1.00 bits per heavy atom. The van der Waals surface area contributed by atoms with Gasteiger partial charge in [0.05, 0.1) is 28.1 Å². The highest BCUT2D eigenvalue weighted by atomic mass is 35.5. The number of hydrogen-bond donors (Lipinski definition) is 1. The van der Waals surface area contributed by atoms with Crippen molar-refractivity contribution in [2.75, 3.05) is 17.1 Å². The van der Waals surface area contributed by atoms with Gasteiger partial charge in [0.15, 0.2) is 15.9 Å². The number of anilines is 1. The third-order valence-corrected chi connectivity index (χ3v) is 9.02. The number of carbonyl (C=O) groups is 1. The van der Waals surface area contributed by atoms with Crippen LogP contribution in [0.4, 0.5) is 5.69 Å². The van der Waals surface area contributed by atoms with Gasteiger partial charge in [0.25, 0.3) is 15.9 Å². The molecular formula is C25H25ClN2O6S2. The van der Waals surface area contributed by atoms with Crippen LogP contribution in [-0.4, -0.2) is 41.6 Å². The van der Waals surface area contributed by atoms with Gasteiger partial charge in [0.2, 0.25) is 0 Å². The molecule has 1 aliphatic heterocycles. The second kappa shape index (κ2) is 9.76. The number of nitrogens with one attached hydrogen (secondary N) is 1. The number of fused-ring (bicyclic) bond motifs is 1. The summed E-state index contributed by atoms with van der Waals surface area (Å²) in [6, 6.07) is 16.7. The van der Waals surface area contributed by atoms with E-state index < -0.39 is 37.9 Å². The zero-order valence-electron chi connectivity index (χ0n) is 19.8. The number of aryl methyl sites for hydroxylation is 1. The van der Waals surface area contributed by atoms with E-state index in [9.17, 15) is 21.6 Å². The number of amides is 1. The summed E-state index contributed by atoms with van der Waals surface area (Å²) in [4.78, 5) is 13.4. The maximum absolute atomic E-state index is 13.5. The van der Waals surface area contributed by atoms with Crippen molar-refractivity contribution in [2.45, 2.75) is 35.8 Å². The van der Waals surface area contributed by atoms with Crippen molar-refractivity contribution in [1.82, 2.24) is 5.32 Å². The first-order valence-electron chi connectivity index (χ1n) is 11.0. The molecule has 2 atom stereocenters. The smallest absolute Gasteiger partial charge is 0.264 e. The fourth-order valence-electron chi connectivity index (χ4n) is 3.82. The van der Waals surface area contributed by atoms with Gasteiger partial charge in [-0.1, -0.05) is 41.4 Å². The molecule has 8 nitrogen and oxygen atoms in total. The average molecular weight is 549 g/mol. The van der Waals surface area contributed by atoms with E-state index in [4.69, 9.17) is 16.3 Å². The molecule has 0 bridgehead atoms. The highest BCUT2D eigenvalue weighted by Gasteiger charge is 2.38. The number of carbonyl (C=O) groups excluding carboxylic acids is 1. The number of halogens is 1. The molecule has 3 aromatic rings. The van der Waals surface area contributed by atoms with Crippen LogP contribution in [-0.2, 0) is 24.7 Å². The molecule has 0 aliphatic carbocycles. The lowest BCUT2D eigenvalue weighted by molar-refractivity contribution is -0.128.